The Morgan fingerprint density at radius 3 is 2.60 bits per heavy atom. The fourth-order valence-electron chi connectivity index (χ4n) is 2.74. The van der Waals surface area contributed by atoms with Gasteiger partial charge in [-0.3, -0.25) is 4.79 Å². The third-order valence-electron chi connectivity index (χ3n) is 3.95. The van der Waals surface area contributed by atoms with Crippen molar-refractivity contribution in [3.8, 4) is 0 Å². The van der Waals surface area contributed by atoms with Gasteiger partial charge in [0.25, 0.3) is 0 Å². The van der Waals surface area contributed by atoms with E-state index in [-0.39, 0.29) is 30.7 Å². The predicted octanol–water partition coefficient (Wildman–Crippen LogP) is 0.719. The van der Waals surface area contributed by atoms with Crippen molar-refractivity contribution >= 4 is 16.0 Å². The molecule has 1 aliphatic carbocycles. The molecule has 0 amide bonds. The summed E-state index contributed by atoms with van der Waals surface area (Å²) in [7, 11) is -1.84. The highest BCUT2D eigenvalue weighted by Crippen LogP contribution is 2.28. The molecular weight excluding hydrogens is 280 g/mol. The van der Waals surface area contributed by atoms with Crippen molar-refractivity contribution in [2.24, 2.45) is 11.7 Å². The molecular formula is C13H26N2O4S. The molecule has 1 rings (SSSR count). The topological polar surface area (TPSA) is 89.7 Å². The van der Waals surface area contributed by atoms with E-state index in [1.54, 1.807) is 14.0 Å². The minimum Gasteiger partial charge on any atom is -0.466 e. The summed E-state index contributed by atoms with van der Waals surface area (Å²) in [5.41, 5.74) is 5.74. The first-order valence-corrected chi connectivity index (χ1v) is 8.84. The van der Waals surface area contributed by atoms with Crippen molar-refractivity contribution in [2.45, 2.75) is 45.1 Å². The summed E-state index contributed by atoms with van der Waals surface area (Å²) < 4.78 is 30.7. The molecule has 1 saturated carbocycles. The summed E-state index contributed by atoms with van der Waals surface area (Å²) in [6, 6.07) is -0.0408. The molecule has 20 heavy (non-hydrogen) atoms. The summed E-state index contributed by atoms with van der Waals surface area (Å²) >= 11 is 0. The number of rotatable bonds is 7. The van der Waals surface area contributed by atoms with Crippen LogP contribution in [0.2, 0.25) is 0 Å². The maximum atomic E-state index is 12.3. The second-order valence-corrected chi connectivity index (χ2v) is 7.38. The van der Waals surface area contributed by atoms with Crippen LogP contribution in [0.15, 0.2) is 0 Å². The summed E-state index contributed by atoms with van der Waals surface area (Å²) in [5.74, 6) is -0.453. The highest BCUT2D eigenvalue weighted by molar-refractivity contribution is 7.89. The second kappa shape index (κ2) is 7.95. The molecule has 0 saturated heterocycles. The quantitative estimate of drug-likeness (QED) is 0.700. The van der Waals surface area contributed by atoms with Gasteiger partial charge >= 0.3 is 5.97 Å². The van der Waals surface area contributed by atoms with Crippen molar-refractivity contribution in [2.75, 3.05) is 26.0 Å². The Balaban J connectivity index is 2.63. The summed E-state index contributed by atoms with van der Waals surface area (Å²) in [6.07, 6.45) is 3.85. The molecule has 2 atom stereocenters. The van der Waals surface area contributed by atoms with Gasteiger partial charge < -0.3 is 10.5 Å². The number of hydrogen-bond donors (Lipinski definition) is 1. The fourth-order valence-corrected chi connectivity index (χ4v) is 4.14. The number of esters is 1. The van der Waals surface area contributed by atoms with Crippen LogP contribution in [0.4, 0.5) is 0 Å². The third-order valence-corrected chi connectivity index (χ3v) is 5.82. The SMILES string of the molecule is CCOC(=O)CCS(=O)(=O)N(C)C1CCCCC1CN. The minimum absolute atomic E-state index is 0.0408. The Labute approximate surface area is 121 Å². The standard InChI is InChI=1S/C13H26N2O4S/c1-3-19-13(16)8-9-20(17,18)15(2)12-7-5-4-6-11(12)10-14/h11-12H,3-10,14H2,1-2H3. The van der Waals surface area contributed by atoms with E-state index in [1.165, 1.54) is 4.31 Å². The molecule has 1 fully saturated rings. The molecule has 6 nitrogen and oxygen atoms in total. The van der Waals surface area contributed by atoms with Crippen LogP contribution in [0.1, 0.15) is 39.0 Å². The molecule has 2 N–H and O–H groups in total. The van der Waals surface area contributed by atoms with Crippen LogP contribution in [-0.2, 0) is 19.6 Å². The van der Waals surface area contributed by atoms with Crippen molar-refractivity contribution in [1.82, 2.24) is 4.31 Å². The number of ether oxygens (including phenoxy) is 1. The fraction of sp³-hybridized carbons (Fsp3) is 0.923. The van der Waals surface area contributed by atoms with Crippen molar-refractivity contribution < 1.29 is 17.9 Å². The van der Waals surface area contributed by atoms with Crippen LogP contribution in [0, 0.1) is 5.92 Å². The van der Waals surface area contributed by atoms with Crippen molar-refractivity contribution in [3.63, 3.8) is 0 Å². The maximum Gasteiger partial charge on any atom is 0.306 e. The number of hydrogen-bond acceptors (Lipinski definition) is 5. The van der Waals surface area contributed by atoms with E-state index < -0.39 is 16.0 Å². The highest BCUT2D eigenvalue weighted by atomic mass is 32.2. The van der Waals surface area contributed by atoms with Crippen LogP contribution in [0.3, 0.4) is 0 Å². The first-order valence-electron chi connectivity index (χ1n) is 7.23. The number of carbonyl (C=O) groups excluding carboxylic acids is 1. The van der Waals surface area contributed by atoms with E-state index in [2.05, 4.69) is 0 Å². The molecule has 0 aliphatic heterocycles. The van der Waals surface area contributed by atoms with E-state index in [0.717, 1.165) is 25.7 Å². The molecule has 0 aromatic rings. The zero-order valence-corrected chi connectivity index (χ0v) is 13.2. The number of nitrogens with zero attached hydrogens (tertiary/aromatic N) is 1. The van der Waals surface area contributed by atoms with Gasteiger partial charge in [-0.05, 0) is 32.2 Å². The summed E-state index contributed by atoms with van der Waals surface area (Å²) in [4.78, 5) is 11.3. The van der Waals surface area contributed by atoms with E-state index in [9.17, 15) is 13.2 Å². The van der Waals surface area contributed by atoms with Crippen LogP contribution in [0.25, 0.3) is 0 Å². The molecule has 0 bridgehead atoms. The van der Waals surface area contributed by atoms with Gasteiger partial charge in [-0.2, -0.15) is 0 Å². The van der Waals surface area contributed by atoms with Gasteiger partial charge in [0.1, 0.15) is 0 Å². The Hall–Kier alpha value is -0.660. The van der Waals surface area contributed by atoms with Gasteiger partial charge in [-0.1, -0.05) is 12.8 Å². The van der Waals surface area contributed by atoms with E-state index >= 15 is 0 Å². The van der Waals surface area contributed by atoms with Crippen LogP contribution in [-0.4, -0.2) is 50.7 Å². The highest BCUT2D eigenvalue weighted by Gasteiger charge is 2.33. The lowest BCUT2D eigenvalue weighted by atomic mass is 9.85. The maximum absolute atomic E-state index is 12.3. The van der Waals surface area contributed by atoms with E-state index in [1.807, 2.05) is 0 Å². The van der Waals surface area contributed by atoms with Gasteiger partial charge in [-0.25, -0.2) is 12.7 Å². The van der Waals surface area contributed by atoms with Crippen LogP contribution >= 0.6 is 0 Å². The normalized spacial score (nSPS) is 23.8. The van der Waals surface area contributed by atoms with Crippen LogP contribution in [0.5, 0.6) is 0 Å². The number of carbonyl (C=O) groups is 1. The zero-order valence-electron chi connectivity index (χ0n) is 12.4. The molecule has 0 heterocycles. The third kappa shape index (κ3) is 4.71. The molecule has 0 aromatic carbocycles. The van der Waals surface area contributed by atoms with Gasteiger partial charge in [0.2, 0.25) is 10.0 Å². The molecule has 7 heteroatoms. The van der Waals surface area contributed by atoms with Gasteiger partial charge in [0, 0.05) is 13.1 Å². The molecule has 0 aromatic heterocycles. The van der Waals surface area contributed by atoms with Crippen molar-refractivity contribution in [3.05, 3.63) is 0 Å². The Morgan fingerprint density at radius 1 is 1.35 bits per heavy atom. The lowest BCUT2D eigenvalue weighted by molar-refractivity contribution is -0.142. The van der Waals surface area contributed by atoms with Crippen LogP contribution < -0.4 is 5.73 Å². The molecule has 118 valence electrons. The predicted molar refractivity (Wildman–Crippen MR) is 77.6 cm³/mol. The first kappa shape index (κ1) is 17.4. The molecule has 2 unspecified atom stereocenters. The van der Waals surface area contributed by atoms with E-state index in [0.29, 0.717) is 6.54 Å². The number of nitrogens with two attached hydrogens (primary N) is 1. The smallest absolute Gasteiger partial charge is 0.306 e. The lowest BCUT2D eigenvalue weighted by Crippen LogP contribution is -2.46. The second-order valence-electron chi connectivity index (χ2n) is 5.23. The Kier molecular flexibility index (Phi) is 6.91. The first-order chi connectivity index (χ1) is 9.42. The van der Waals surface area contributed by atoms with Gasteiger partial charge in [0.15, 0.2) is 0 Å². The lowest BCUT2D eigenvalue weighted by Gasteiger charge is -2.36. The monoisotopic (exact) mass is 306 g/mol. The van der Waals surface area contributed by atoms with E-state index in [4.69, 9.17) is 10.5 Å². The number of sulfonamides is 1. The van der Waals surface area contributed by atoms with Crippen molar-refractivity contribution in [1.29, 1.82) is 0 Å². The molecule has 1 aliphatic rings. The zero-order chi connectivity index (χ0) is 15.2. The minimum atomic E-state index is -3.44. The van der Waals surface area contributed by atoms with Gasteiger partial charge in [-0.15, -0.1) is 0 Å². The Morgan fingerprint density at radius 2 is 2.00 bits per heavy atom. The summed E-state index contributed by atoms with van der Waals surface area (Å²) in [5, 5.41) is 0. The molecule has 0 spiro atoms. The summed E-state index contributed by atoms with van der Waals surface area (Å²) in [6.45, 7) is 2.47. The largest absolute Gasteiger partial charge is 0.466 e. The average molecular weight is 306 g/mol. The molecule has 0 radical (unpaired) electrons. The average Bonchev–Trinajstić information content (AvgIpc) is 2.44. The Bertz CT molecular complexity index is 411. The van der Waals surface area contributed by atoms with Gasteiger partial charge in [0.05, 0.1) is 18.8 Å².